The predicted octanol–water partition coefficient (Wildman–Crippen LogP) is 2.32. The van der Waals surface area contributed by atoms with Gasteiger partial charge in [-0.3, -0.25) is 4.79 Å². The molecule has 0 saturated carbocycles. The Morgan fingerprint density at radius 1 is 1.36 bits per heavy atom. The highest BCUT2D eigenvalue weighted by Gasteiger charge is 2.23. The lowest BCUT2D eigenvalue weighted by Gasteiger charge is -2.29. The summed E-state index contributed by atoms with van der Waals surface area (Å²) in [6.45, 7) is 8.48. The lowest BCUT2D eigenvalue weighted by atomic mass is 10.0. The summed E-state index contributed by atoms with van der Waals surface area (Å²) < 4.78 is 19.7. The molecule has 6 nitrogen and oxygen atoms in total. The lowest BCUT2D eigenvalue weighted by Crippen LogP contribution is -2.36. The maximum Gasteiger partial charge on any atom is 0.217 e. The van der Waals surface area contributed by atoms with Crippen molar-refractivity contribution in [2.45, 2.75) is 33.3 Å². The van der Waals surface area contributed by atoms with E-state index in [2.05, 4.69) is 10.5 Å². The monoisotopic (exact) mass is 351 g/mol. The summed E-state index contributed by atoms with van der Waals surface area (Å²) >= 11 is 0. The van der Waals surface area contributed by atoms with Crippen LogP contribution in [0.1, 0.15) is 32.8 Å². The number of amides is 1. The van der Waals surface area contributed by atoms with E-state index in [1.165, 1.54) is 13.0 Å². The minimum atomic E-state index is -0.266. The number of benzene rings is 1. The first-order valence-corrected chi connectivity index (χ1v) is 8.73. The number of ether oxygens (including phenoxy) is 1. The van der Waals surface area contributed by atoms with E-state index in [1.807, 2.05) is 24.8 Å². The molecule has 25 heavy (non-hydrogen) atoms. The molecule has 1 unspecified atom stereocenters. The van der Waals surface area contributed by atoms with Crippen LogP contribution >= 0.6 is 0 Å². The number of nitrogens with zero attached hydrogens (tertiary/aromatic N) is 2. The first-order chi connectivity index (χ1) is 12.1. The number of morpholine rings is 1. The van der Waals surface area contributed by atoms with Crippen LogP contribution in [0.15, 0.2) is 23.4 Å². The minimum Gasteiger partial charge on any atom is -0.390 e. The highest BCUT2D eigenvalue weighted by Crippen LogP contribution is 2.24. The van der Waals surface area contributed by atoms with Crippen LogP contribution in [0, 0.1) is 5.82 Å². The average molecular weight is 351 g/mol. The SMILES string of the molecule is CC.CC(=O)NCC1CC(c2ccc(N3CCOCC3)c(F)c2)=NO1. The Labute approximate surface area is 148 Å². The van der Waals surface area contributed by atoms with E-state index < -0.39 is 0 Å². The van der Waals surface area contributed by atoms with Gasteiger partial charge in [0, 0.05) is 32.0 Å². The maximum absolute atomic E-state index is 14.4. The fourth-order valence-electron chi connectivity index (χ4n) is 2.71. The number of carbonyl (C=O) groups excluding carboxylic acids is 1. The van der Waals surface area contributed by atoms with Crippen LogP contribution in [-0.2, 0) is 14.4 Å². The number of rotatable bonds is 4. The van der Waals surface area contributed by atoms with Gasteiger partial charge in [0.1, 0.15) is 11.9 Å². The van der Waals surface area contributed by atoms with E-state index in [4.69, 9.17) is 9.57 Å². The second-order valence-corrected chi connectivity index (χ2v) is 5.67. The maximum atomic E-state index is 14.4. The third-order valence-electron chi connectivity index (χ3n) is 3.94. The summed E-state index contributed by atoms with van der Waals surface area (Å²) in [5.41, 5.74) is 2.00. The van der Waals surface area contributed by atoms with E-state index in [9.17, 15) is 9.18 Å². The van der Waals surface area contributed by atoms with Gasteiger partial charge in [0.05, 0.1) is 31.2 Å². The van der Waals surface area contributed by atoms with Gasteiger partial charge in [0.25, 0.3) is 0 Å². The van der Waals surface area contributed by atoms with E-state index in [-0.39, 0.29) is 17.8 Å². The zero-order chi connectivity index (χ0) is 18.2. The highest BCUT2D eigenvalue weighted by molar-refractivity contribution is 6.01. The molecule has 3 rings (SSSR count). The van der Waals surface area contributed by atoms with Crippen LogP contribution in [0.3, 0.4) is 0 Å². The summed E-state index contributed by atoms with van der Waals surface area (Å²) in [5, 5.41) is 6.71. The number of oxime groups is 1. The molecular weight excluding hydrogens is 325 g/mol. The van der Waals surface area contributed by atoms with Gasteiger partial charge in [-0.25, -0.2) is 4.39 Å². The molecule has 2 aliphatic heterocycles. The van der Waals surface area contributed by atoms with Gasteiger partial charge in [0.15, 0.2) is 0 Å². The number of hydrogen-bond acceptors (Lipinski definition) is 5. The Morgan fingerprint density at radius 2 is 2.08 bits per heavy atom. The van der Waals surface area contributed by atoms with Crippen molar-refractivity contribution in [1.82, 2.24) is 5.32 Å². The van der Waals surface area contributed by atoms with Crippen molar-refractivity contribution in [1.29, 1.82) is 0 Å². The molecule has 7 heteroatoms. The molecule has 1 amide bonds. The Bertz CT molecular complexity index is 616. The first-order valence-electron chi connectivity index (χ1n) is 8.73. The molecule has 1 fully saturated rings. The van der Waals surface area contributed by atoms with E-state index in [1.54, 1.807) is 6.07 Å². The summed E-state index contributed by atoms with van der Waals surface area (Å²) in [6, 6.07) is 5.13. The topological polar surface area (TPSA) is 63.2 Å². The highest BCUT2D eigenvalue weighted by atomic mass is 19.1. The van der Waals surface area contributed by atoms with Gasteiger partial charge in [-0.1, -0.05) is 25.1 Å². The predicted molar refractivity (Wildman–Crippen MR) is 95.5 cm³/mol. The van der Waals surface area contributed by atoms with Crippen LogP contribution in [0.5, 0.6) is 0 Å². The molecule has 2 heterocycles. The number of hydrogen-bond donors (Lipinski definition) is 1. The Morgan fingerprint density at radius 3 is 2.72 bits per heavy atom. The number of carbonyl (C=O) groups is 1. The molecule has 0 spiro atoms. The average Bonchev–Trinajstić information content (AvgIpc) is 3.11. The van der Waals surface area contributed by atoms with Crippen molar-refractivity contribution < 1.29 is 18.8 Å². The number of nitrogens with one attached hydrogen (secondary N) is 1. The summed E-state index contributed by atoms with van der Waals surface area (Å²) in [6.07, 6.45) is 0.354. The standard InChI is InChI=1S/C16H20FN3O3.C2H6/c1-11(21)18-10-13-9-15(19-23-13)12-2-3-16(14(17)8-12)20-4-6-22-7-5-20;1-2/h2-3,8,13H,4-7,9-10H2,1H3,(H,18,21);1-2H3. The van der Waals surface area contributed by atoms with Crippen molar-refractivity contribution in [3.63, 3.8) is 0 Å². The smallest absolute Gasteiger partial charge is 0.217 e. The largest absolute Gasteiger partial charge is 0.390 e. The molecule has 0 bridgehead atoms. The second kappa shape index (κ2) is 9.36. The quantitative estimate of drug-likeness (QED) is 0.904. The van der Waals surface area contributed by atoms with E-state index >= 15 is 0 Å². The Balaban J connectivity index is 0.00000109. The molecule has 1 atom stereocenters. The fourth-order valence-corrected chi connectivity index (χ4v) is 2.71. The van der Waals surface area contributed by atoms with Crippen LogP contribution in [0.25, 0.3) is 0 Å². The summed E-state index contributed by atoms with van der Waals surface area (Å²) in [5.74, 6) is -0.375. The third-order valence-corrected chi connectivity index (χ3v) is 3.94. The number of anilines is 1. The second-order valence-electron chi connectivity index (χ2n) is 5.67. The van der Waals surface area contributed by atoms with Crippen LogP contribution in [0.2, 0.25) is 0 Å². The molecule has 0 aliphatic carbocycles. The molecule has 138 valence electrons. The van der Waals surface area contributed by atoms with E-state index in [0.29, 0.717) is 56.2 Å². The van der Waals surface area contributed by atoms with Crippen LogP contribution < -0.4 is 10.2 Å². The summed E-state index contributed by atoms with van der Waals surface area (Å²) in [7, 11) is 0. The van der Waals surface area contributed by atoms with Gasteiger partial charge < -0.3 is 19.8 Å². The van der Waals surface area contributed by atoms with Gasteiger partial charge in [-0.15, -0.1) is 0 Å². The van der Waals surface area contributed by atoms with Gasteiger partial charge >= 0.3 is 0 Å². The molecule has 1 N–H and O–H groups in total. The molecule has 0 aromatic heterocycles. The van der Waals surface area contributed by atoms with E-state index in [0.717, 1.165) is 0 Å². The molecule has 1 saturated heterocycles. The molecule has 1 aromatic rings. The molecular formula is C18H26FN3O3. The molecule has 2 aliphatic rings. The Hall–Kier alpha value is -2.15. The van der Waals surface area contributed by atoms with Crippen molar-refractivity contribution >= 4 is 17.3 Å². The van der Waals surface area contributed by atoms with Gasteiger partial charge in [-0.05, 0) is 12.1 Å². The molecule has 1 aromatic carbocycles. The van der Waals surface area contributed by atoms with Crippen molar-refractivity contribution in [3.05, 3.63) is 29.6 Å². The van der Waals surface area contributed by atoms with Crippen molar-refractivity contribution in [3.8, 4) is 0 Å². The first kappa shape index (κ1) is 19.2. The zero-order valence-corrected chi connectivity index (χ0v) is 15.0. The van der Waals surface area contributed by atoms with Crippen LogP contribution in [0.4, 0.5) is 10.1 Å². The fraction of sp³-hybridized carbons (Fsp3) is 0.556. The van der Waals surface area contributed by atoms with Crippen molar-refractivity contribution in [2.75, 3.05) is 37.7 Å². The third kappa shape index (κ3) is 5.16. The normalized spacial score (nSPS) is 19.4. The van der Waals surface area contributed by atoms with Crippen LogP contribution in [-0.4, -0.2) is 50.6 Å². The Kier molecular flexibility index (Phi) is 7.18. The minimum absolute atomic E-state index is 0.108. The zero-order valence-electron chi connectivity index (χ0n) is 15.0. The summed E-state index contributed by atoms with van der Waals surface area (Å²) in [4.78, 5) is 18.2. The van der Waals surface area contributed by atoms with Gasteiger partial charge in [-0.2, -0.15) is 0 Å². The van der Waals surface area contributed by atoms with Crippen molar-refractivity contribution in [2.24, 2.45) is 5.16 Å². The van der Waals surface area contributed by atoms with Gasteiger partial charge in [0.2, 0.25) is 5.91 Å². The number of halogens is 1. The lowest BCUT2D eigenvalue weighted by molar-refractivity contribution is -0.119. The molecule has 0 radical (unpaired) electrons.